The average Bonchev–Trinajstić information content (AvgIpc) is 2.40. The van der Waals surface area contributed by atoms with Crippen LogP contribution in [-0.4, -0.2) is 0 Å². The van der Waals surface area contributed by atoms with Gasteiger partial charge in [0.2, 0.25) is 0 Å². The summed E-state index contributed by atoms with van der Waals surface area (Å²) in [6.45, 7) is 6.55. The normalized spacial score (nSPS) is 14.1. The quantitative estimate of drug-likeness (QED) is 0.751. The van der Waals surface area contributed by atoms with E-state index < -0.39 is 0 Å². The lowest BCUT2D eigenvalue weighted by Gasteiger charge is -2.21. The van der Waals surface area contributed by atoms with E-state index in [2.05, 4.69) is 97.2 Å². The first kappa shape index (κ1) is 14.5. The van der Waals surface area contributed by atoms with E-state index in [9.17, 15) is 0 Å². The molecule has 0 saturated carbocycles. The SMILES string of the molecule is Cc1ccc(C(C)NC(C)c2ccc(I)cc2)cc1. The third-order valence-corrected chi connectivity index (χ3v) is 4.17. The summed E-state index contributed by atoms with van der Waals surface area (Å²) in [6, 6.07) is 18.2. The molecule has 100 valence electrons. The first-order valence-corrected chi connectivity index (χ1v) is 7.72. The molecule has 1 nitrogen and oxygen atoms in total. The predicted molar refractivity (Wildman–Crippen MR) is 90.3 cm³/mol. The second kappa shape index (κ2) is 6.53. The van der Waals surface area contributed by atoms with Crippen LogP contribution in [0, 0.1) is 10.5 Å². The van der Waals surface area contributed by atoms with Crippen molar-refractivity contribution in [1.29, 1.82) is 0 Å². The van der Waals surface area contributed by atoms with Crippen molar-refractivity contribution in [3.63, 3.8) is 0 Å². The van der Waals surface area contributed by atoms with E-state index >= 15 is 0 Å². The molecular weight excluding hydrogens is 345 g/mol. The molecule has 19 heavy (non-hydrogen) atoms. The van der Waals surface area contributed by atoms with Crippen molar-refractivity contribution < 1.29 is 0 Å². The van der Waals surface area contributed by atoms with Crippen molar-refractivity contribution in [1.82, 2.24) is 5.32 Å². The molecule has 0 radical (unpaired) electrons. The van der Waals surface area contributed by atoms with Gasteiger partial charge in [0.1, 0.15) is 0 Å². The minimum absolute atomic E-state index is 0.355. The van der Waals surface area contributed by atoms with E-state index in [-0.39, 0.29) is 0 Å². The van der Waals surface area contributed by atoms with Gasteiger partial charge in [-0.15, -0.1) is 0 Å². The van der Waals surface area contributed by atoms with Crippen LogP contribution in [0.4, 0.5) is 0 Å². The van der Waals surface area contributed by atoms with Gasteiger partial charge in [-0.1, -0.05) is 42.0 Å². The average molecular weight is 365 g/mol. The Morgan fingerprint density at radius 2 is 1.21 bits per heavy atom. The Bertz CT molecular complexity index is 466. The number of nitrogens with one attached hydrogen (secondary N) is 1. The molecule has 0 aliphatic rings. The standard InChI is InChI=1S/C17H20IN/c1-12-4-6-15(7-5-12)13(2)19-14(3)16-8-10-17(18)11-9-16/h4-11,13-14,19H,1-3H3. The van der Waals surface area contributed by atoms with Gasteiger partial charge in [-0.3, -0.25) is 0 Å². The highest BCUT2D eigenvalue weighted by Gasteiger charge is 2.10. The number of benzene rings is 2. The lowest BCUT2D eigenvalue weighted by Crippen LogP contribution is -2.22. The van der Waals surface area contributed by atoms with Gasteiger partial charge < -0.3 is 5.32 Å². The van der Waals surface area contributed by atoms with E-state index in [1.165, 1.54) is 20.3 Å². The van der Waals surface area contributed by atoms with Gasteiger partial charge in [0.05, 0.1) is 0 Å². The van der Waals surface area contributed by atoms with Crippen LogP contribution in [-0.2, 0) is 0 Å². The van der Waals surface area contributed by atoms with Gasteiger partial charge in [0, 0.05) is 15.7 Å². The molecule has 0 fully saturated rings. The third-order valence-electron chi connectivity index (χ3n) is 3.45. The van der Waals surface area contributed by atoms with E-state index in [4.69, 9.17) is 0 Å². The van der Waals surface area contributed by atoms with Gasteiger partial charge in [-0.25, -0.2) is 0 Å². The number of halogens is 1. The van der Waals surface area contributed by atoms with Crippen molar-refractivity contribution in [2.45, 2.75) is 32.9 Å². The molecular formula is C17H20IN. The summed E-state index contributed by atoms with van der Waals surface area (Å²) < 4.78 is 1.28. The Morgan fingerprint density at radius 3 is 1.68 bits per heavy atom. The summed E-state index contributed by atoms with van der Waals surface area (Å²) in [5.41, 5.74) is 3.98. The van der Waals surface area contributed by atoms with E-state index in [1.807, 2.05) is 0 Å². The van der Waals surface area contributed by atoms with Crippen LogP contribution in [0.3, 0.4) is 0 Å². The van der Waals surface area contributed by atoms with Crippen LogP contribution in [0.1, 0.15) is 42.6 Å². The van der Waals surface area contributed by atoms with Crippen LogP contribution in [0.2, 0.25) is 0 Å². The second-order valence-corrected chi connectivity index (χ2v) is 6.32. The third kappa shape index (κ3) is 4.05. The summed E-state index contributed by atoms with van der Waals surface area (Å²) in [6.07, 6.45) is 0. The van der Waals surface area contributed by atoms with Crippen LogP contribution in [0.15, 0.2) is 48.5 Å². The Morgan fingerprint density at radius 1 is 0.789 bits per heavy atom. The maximum atomic E-state index is 3.65. The van der Waals surface area contributed by atoms with Crippen LogP contribution in [0.25, 0.3) is 0 Å². The van der Waals surface area contributed by atoms with Crippen LogP contribution in [0.5, 0.6) is 0 Å². The number of rotatable bonds is 4. The molecule has 0 aliphatic heterocycles. The maximum absolute atomic E-state index is 3.65. The molecule has 0 saturated heterocycles. The Kier molecular flexibility index (Phi) is 4.99. The lowest BCUT2D eigenvalue weighted by atomic mass is 10.0. The number of hydrogen-bond acceptors (Lipinski definition) is 1. The zero-order chi connectivity index (χ0) is 13.8. The molecule has 2 aromatic carbocycles. The molecule has 2 unspecified atom stereocenters. The molecule has 0 amide bonds. The molecule has 0 spiro atoms. The van der Waals surface area contributed by atoms with Crippen LogP contribution >= 0.6 is 22.6 Å². The van der Waals surface area contributed by atoms with E-state index in [0.717, 1.165) is 0 Å². The first-order valence-electron chi connectivity index (χ1n) is 6.64. The Labute approximate surface area is 129 Å². The fraction of sp³-hybridized carbons (Fsp3) is 0.294. The highest BCUT2D eigenvalue weighted by atomic mass is 127. The predicted octanol–water partition coefficient (Wildman–Crippen LogP) is 5.01. The van der Waals surface area contributed by atoms with Gasteiger partial charge in [0.15, 0.2) is 0 Å². The van der Waals surface area contributed by atoms with Gasteiger partial charge in [-0.05, 0) is 66.6 Å². The van der Waals surface area contributed by atoms with Crippen molar-refractivity contribution in [3.8, 4) is 0 Å². The summed E-state index contributed by atoms with van der Waals surface area (Å²) in [5.74, 6) is 0. The molecule has 2 heteroatoms. The number of aryl methyl sites for hydroxylation is 1. The van der Waals surface area contributed by atoms with Crippen molar-refractivity contribution in [2.75, 3.05) is 0 Å². The second-order valence-electron chi connectivity index (χ2n) is 5.07. The van der Waals surface area contributed by atoms with Gasteiger partial charge in [-0.2, -0.15) is 0 Å². The largest absolute Gasteiger partial charge is 0.304 e. The zero-order valence-electron chi connectivity index (χ0n) is 11.7. The highest BCUT2D eigenvalue weighted by molar-refractivity contribution is 14.1. The minimum Gasteiger partial charge on any atom is -0.304 e. The zero-order valence-corrected chi connectivity index (χ0v) is 13.8. The fourth-order valence-corrected chi connectivity index (χ4v) is 2.53. The minimum atomic E-state index is 0.355. The number of hydrogen-bond donors (Lipinski definition) is 1. The first-order chi connectivity index (χ1) is 9.06. The molecule has 0 aromatic heterocycles. The summed E-state index contributed by atoms with van der Waals surface area (Å²) in [5, 5.41) is 3.65. The highest BCUT2D eigenvalue weighted by Crippen LogP contribution is 2.20. The van der Waals surface area contributed by atoms with Crippen molar-refractivity contribution in [2.24, 2.45) is 0 Å². The van der Waals surface area contributed by atoms with Crippen molar-refractivity contribution >= 4 is 22.6 Å². The molecule has 0 aliphatic carbocycles. The molecule has 2 atom stereocenters. The molecule has 1 N–H and O–H groups in total. The lowest BCUT2D eigenvalue weighted by molar-refractivity contribution is 0.494. The molecule has 2 aromatic rings. The van der Waals surface area contributed by atoms with E-state index in [0.29, 0.717) is 12.1 Å². The van der Waals surface area contributed by atoms with E-state index in [1.54, 1.807) is 0 Å². The Hall–Kier alpha value is -0.870. The van der Waals surface area contributed by atoms with Crippen LogP contribution < -0.4 is 5.32 Å². The van der Waals surface area contributed by atoms with Gasteiger partial charge in [0.25, 0.3) is 0 Å². The monoisotopic (exact) mass is 365 g/mol. The molecule has 0 heterocycles. The fourth-order valence-electron chi connectivity index (χ4n) is 2.17. The smallest absolute Gasteiger partial charge is 0.0297 e. The summed E-state index contributed by atoms with van der Waals surface area (Å²) >= 11 is 2.34. The Balaban J connectivity index is 2.03. The maximum Gasteiger partial charge on any atom is 0.0297 e. The van der Waals surface area contributed by atoms with Crippen molar-refractivity contribution in [3.05, 3.63) is 68.8 Å². The van der Waals surface area contributed by atoms with Gasteiger partial charge >= 0.3 is 0 Å². The molecule has 2 rings (SSSR count). The summed E-state index contributed by atoms with van der Waals surface area (Å²) in [4.78, 5) is 0. The topological polar surface area (TPSA) is 12.0 Å². The molecule has 0 bridgehead atoms. The summed E-state index contributed by atoms with van der Waals surface area (Å²) in [7, 11) is 0.